The average Bonchev–Trinajstić information content (AvgIpc) is 3.18. The average molecular weight is 387 g/mol. The van der Waals surface area contributed by atoms with E-state index in [1.807, 2.05) is 0 Å². The summed E-state index contributed by atoms with van der Waals surface area (Å²) in [4.78, 5) is 43.6. The molecule has 1 fully saturated rings. The monoisotopic (exact) mass is 387 g/mol. The number of benzene rings is 1. The Kier molecular flexibility index (Phi) is 5.43. The van der Waals surface area contributed by atoms with Crippen LogP contribution in [0.25, 0.3) is 0 Å². The van der Waals surface area contributed by atoms with E-state index in [1.165, 1.54) is 28.1 Å². The van der Waals surface area contributed by atoms with Crippen LogP contribution < -0.4 is 5.32 Å². The quantitative estimate of drug-likeness (QED) is 0.839. The van der Waals surface area contributed by atoms with E-state index >= 15 is 0 Å². The SMILES string of the molecule is CN1CC(CN(C)C(=O)c2cc(F)cc(NC(=O)c3cncn3C)c2)CC1=O. The first-order valence-corrected chi connectivity index (χ1v) is 8.82. The van der Waals surface area contributed by atoms with Gasteiger partial charge in [0.05, 0.1) is 12.5 Å². The van der Waals surface area contributed by atoms with Gasteiger partial charge in [-0.05, 0) is 18.2 Å². The van der Waals surface area contributed by atoms with E-state index in [-0.39, 0.29) is 29.0 Å². The van der Waals surface area contributed by atoms with Crippen molar-refractivity contribution < 1.29 is 18.8 Å². The molecule has 8 nitrogen and oxygen atoms in total. The fourth-order valence-electron chi connectivity index (χ4n) is 3.33. The lowest BCUT2D eigenvalue weighted by Gasteiger charge is -2.21. The van der Waals surface area contributed by atoms with E-state index in [2.05, 4.69) is 10.3 Å². The number of hydrogen-bond donors (Lipinski definition) is 1. The predicted octanol–water partition coefficient (Wildman–Crippen LogP) is 1.36. The van der Waals surface area contributed by atoms with Gasteiger partial charge >= 0.3 is 0 Å². The van der Waals surface area contributed by atoms with Gasteiger partial charge in [0, 0.05) is 57.8 Å². The first-order chi connectivity index (χ1) is 13.2. The van der Waals surface area contributed by atoms with Crippen LogP contribution in [0.1, 0.15) is 27.3 Å². The number of rotatable bonds is 5. The van der Waals surface area contributed by atoms with Gasteiger partial charge in [0.25, 0.3) is 11.8 Å². The van der Waals surface area contributed by atoms with Crippen LogP contribution in [0.3, 0.4) is 0 Å². The van der Waals surface area contributed by atoms with Crippen LogP contribution in [0.2, 0.25) is 0 Å². The Labute approximate surface area is 161 Å². The number of aryl methyl sites for hydroxylation is 1. The van der Waals surface area contributed by atoms with Gasteiger partial charge in [-0.15, -0.1) is 0 Å². The number of imidazole rings is 1. The number of carbonyl (C=O) groups is 3. The van der Waals surface area contributed by atoms with Crippen LogP contribution in [0, 0.1) is 11.7 Å². The second kappa shape index (κ2) is 7.79. The van der Waals surface area contributed by atoms with E-state index in [1.54, 1.807) is 26.0 Å². The molecular formula is C19H22FN5O3. The maximum atomic E-state index is 14.0. The van der Waals surface area contributed by atoms with Crippen molar-refractivity contribution in [2.45, 2.75) is 6.42 Å². The number of nitrogens with one attached hydrogen (secondary N) is 1. The molecule has 2 heterocycles. The van der Waals surface area contributed by atoms with Crippen LogP contribution in [0.5, 0.6) is 0 Å². The summed E-state index contributed by atoms with van der Waals surface area (Å²) in [6.07, 6.45) is 3.27. The number of anilines is 1. The highest BCUT2D eigenvalue weighted by molar-refractivity contribution is 6.04. The number of nitrogens with zero attached hydrogens (tertiary/aromatic N) is 4. The highest BCUT2D eigenvalue weighted by Gasteiger charge is 2.29. The number of aromatic nitrogens is 2. The lowest BCUT2D eigenvalue weighted by Crippen LogP contribution is -2.33. The minimum absolute atomic E-state index is 0.0454. The molecule has 148 valence electrons. The van der Waals surface area contributed by atoms with Crippen molar-refractivity contribution in [1.82, 2.24) is 19.4 Å². The first kappa shape index (κ1) is 19.5. The lowest BCUT2D eigenvalue weighted by molar-refractivity contribution is -0.126. The highest BCUT2D eigenvalue weighted by Crippen LogP contribution is 2.20. The molecule has 1 aromatic carbocycles. The lowest BCUT2D eigenvalue weighted by atomic mass is 10.1. The van der Waals surface area contributed by atoms with Crippen LogP contribution in [-0.4, -0.2) is 64.3 Å². The zero-order valence-corrected chi connectivity index (χ0v) is 16.0. The fraction of sp³-hybridized carbons (Fsp3) is 0.368. The number of amides is 3. The molecule has 1 unspecified atom stereocenters. The largest absolute Gasteiger partial charge is 0.345 e. The Morgan fingerprint density at radius 2 is 2.07 bits per heavy atom. The van der Waals surface area contributed by atoms with Gasteiger partial charge in [-0.25, -0.2) is 9.37 Å². The fourth-order valence-corrected chi connectivity index (χ4v) is 3.33. The van der Waals surface area contributed by atoms with Gasteiger partial charge in [-0.2, -0.15) is 0 Å². The van der Waals surface area contributed by atoms with Crippen LogP contribution in [0.15, 0.2) is 30.7 Å². The number of carbonyl (C=O) groups excluding carboxylic acids is 3. The van der Waals surface area contributed by atoms with Gasteiger partial charge in [0.15, 0.2) is 0 Å². The van der Waals surface area contributed by atoms with Crippen LogP contribution >= 0.6 is 0 Å². The van der Waals surface area contributed by atoms with E-state index < -0.39 is 11.7 Å². The molecule has 0 radical (unpaired) electrons. The van der Waals surface area contributed by atoms with Gasteiger partial charge in [-0.1, -0.05) is 0 Å². The minimum Gasteiger partial charge on any atom is -0.345 e. The van der Waals surface area contributed by atoms with E-state index in [0.717, 1.165) is 12.1 Å². The molecule has 1 N–H and O–H groups in total. The van der Waals surface area contributed by atoms with Crippen molar-refractivity contribution in [2.75, 3.05) is 32.5 Å². The zero-order chi connectivity index (χ0) is 20.4. The van der Waals surface area contributed by atoms with E-state index in [4.69, 9.17) is 0 Å². The summed E-state index contributed by atoms with van der Waals surface area (Å²) in [7, 11) is 5.01. The molecule has 1 saturated heterocycles. The van der Waals surface area contributed by atoms with Crippen molar-refractivity contribution in [3.8, 4) is 0 Å². The van der Waals surface area contributed by atoms with Crippen LogP contribution in [0.4, 0.5) is 10.1 Å². The summed E-state index contributed by atoms with van der Waals surface area (Å²) < 4.78 is 15.6. The van der Waals surface area contributed by atoms with Crippen molar-refractivity contribution in [2.24, 2.45) is 13.0 Å². The molecule has 9 heteroatoms. The zero-order valence-electron chi connectivity index (χ0n) is 16.0. The van der Waals surface area contributed by atoms with Gasteiger partial charge in [0.2, 0.25) is 5.91 Å². The van der Waals surface area contributed by atoms with Crippen LogP contribution in [-0.2, 0) is 11.8 Å². The molecule has 0 spiro atoms. The Morgan fingerprint density at radius 1 is 1.32 bits per heavy atom. The molecule has 28 heavy (non-hydrogen) atoms. The predicted molar refractivity (Wildman–Crippen MR) is 100 cm³/mol. The van der Waals surface area contributed by atoms with Gasteiger partial charge in [0.1, 0.15) is 11.5 Å². The Bertz CT molecular complexity index is 926. The maximum absolute atomic E-state index is 14.0. The summed E-state index contributed by atoms with van der Waals surface area (Å²) in [6.45, 7) is 0.980. The Hall–Kier alpha value is -3.23. The van der Waals surface area contributed by atoms with Crippen molar-refractivity contribution >= 4 is 23.4 Å². The molecule has 1 atom stereocenters. The first-order valence-electron chi connectivity index (χ1n) is 8.82. The molecule has 1 aliphatic heterocycles. The summed E-state index contributed by atoms with van der Waals surface area (Å²) in [6, 6.07) is 3.71. The number of halogens is 1. The minimum atomic E-state index is -0.629. The Morgan fingerprint density at radius 3 is 2.68 bits per heavy atom. The van der Waals surface area contributed by atoms with E-state index in [9.17, 15) is 18.8 Å². The van der Waals surface area contributed by atoms with Gasteiger partial charge < -0.3 is 19.7 Å². The maximum Gasteiger partial charge on any atom is 0.273 e. The molecule has 1 aromatic heterocycles. The molecule has 3 rings (SSSR count). The summed E-state index contributed by atoms with van der Waals surface area (Å²) in [5.41, 5.74) is 0.614. The molecular weight excluding hydrogens is 365 g/mol. The summed E-state index contributed by atoms with van der Waals surface area (Å²) >= 11 is 0. The van der Waals surface area contributed by atoms with Crippen molar-refractivity contribution in [1.29, 1.82) is 0 Å². The third kappa shape index (κ3) is 4.19. The van der Waals surface area contributed by atoms with E-state index in [0.29, 0.717) is 25.2 Å². The molecule has 0 bridgehead atoms. The smallest absolute Gasteiger partial charge is 0.273 e. The van der Waals surface area contributed by atoms with Crippen molar-refractivity contribution in [3.05, 3.63) is 47.8 Å². The van der Waals surface area contributed by atoms with Crippen molar-refractivity contribution in [3.63, 3.8) is 0 Å². The molecule has 2 aromatic rings. The third-order valence-corrected chi connectivity index (χ3v) is 4.75. The standard InChI is InChI=1S/C19H22FN5O3/c1-23-9-12(4-17(23)26)10-24(2)19(28)13-5-14(20)7-15(6-13)22-18(27)16-8-21-11-25(16)3/h5-8,11-12H,4,9-10H2,1-3H3,(H,22,27). The number of likely N-dealkylation sites (tertiary alicyclic amines) is 1. The number of hydrogen-bond acceptors (Lipinski definition) is 4. The second-order valence-electron chi connectivity index (χ2n) is 7.10. The molecule has 1 aliphatic rings. The second-order valence-corrected chi connectivity index (χ2v) is 7.10. The topological polar surface area (TPSA) is 87.5 Å². The molecule has 0 saturated carbocycles. The van der Waals surface area contributed by atoms with Gasteiger partial charge in [-0.3, -0.25) is 14.4 Å². The normalized spacial score (nSPS) is 16.4. The molecule has 3 amide bonds. The third-order valence-electron chi connectivity index (χ3n) is 4.75. The summed E-state index contributed by atoms with van der Waals surface area (Å²) in [5.74, 6) is -1.36. The molecule has 0 aliphatic carbocycles. The Balaban J connectivity index is 1.71. The highest BCUT2D eigenvalue weighted by atomic mass is 19.1. The summed E-state index contributed by atoms with van der Waals surface area (Å²) in [5, 5.41) is 2.58.